The first-order valence-electron chi connectivity index (χ1n) is 10.0. The Morgan fingerprint density at radius 3 is 2.39 bits per heavy atom. The molecule has 0 bridgehead atoms. The zero-order chi connectivity index (χ0) is 22.9. The molecule has 5 rings (SSSR count). The Labute approximate surface area is 193 Å². The van der Waals surface area contributed by atoms with Gasteiger partial charge in [-0.15, -0.1) is 10.1 Å². The summed E-state index contributed by atoms with van der Waals surface area (Å²) in [4.78, 5) is 30.8. The maximum atomic E-state index is 13.5. The molecule has 0 aliphatic carbocycles. The second kappa shape index (κ2) is 8.48. The lowest BCUT2D eigenvalue weighted by atomic mass is 9.97. The van der Waals surface area contributed by atoms with E-state index in [0.717, 1.165) is 5.01 Å². The van der Waals surface area contributed by atoms with Gasteiger partial charge in [0.2, 0.25) is 5.90 Å². The summed E-state index contributed by atoms with van der Waals surface area (Å²) in [6, 6.07) is 18.9. The first kappa shape index (κ1) is 20.8. The highest BCUT2D eigenvalue weighted by molar-refractivity contribution is 6.30. The number of amides is 2. The monoisotopic (exact) mass is 462 g/mol. The van der Waals surface area contributed by atoms with E-state index in [1.165, 1.54) is 24.3 Å². The highest BCUT2D eigenvalue weighted by Crippen LogP contribution is 2.31. The fourth-order valence-corrected chi connectivity index (χ4v) is 3.69. The number of carbonyl (C=O) groups excluding carboxylic acids is 2. The molecule has 164 valence electrons. The van der Waals surface area contributed by atoms with Crippen molar-refractivity contribution in [3.8, 4) is 0 Å². The predicted octanol–water partition coefficient (Wildman–Crippen LogP) is 3.91. The number of rotatable bonds is 4. The van der Waals surface area contributed by atoms with Gasteiger partial charge in [0.05, 0.1) is 0 Å². The molecule has 1 N–H and O–H groups in total. The van der Waals surface area contributed by atoms with Crippen LogP contribution >= 0.6 is 11.6 Å². The third kappa shape index (κ3) is 4.08. The van der Waals surface area contributed by atoms with E-state index >= 15 is 0 Å². The van der Waals surface area contributed by atoms with Crippen LogP contribution in [0.3, 0.4) is 0 Å². The number of nitrogens with one attached hydrogen (secondary N) is 1. The number of aliphatic imine (C=N–C) groups is 1. The van der Waals surface area contributed by atoms with Crippen molar-refractivity contribution in [3.63, 3.8) is 0 Å². The molecule has 0 radical (unpaired) electrons. The van der Waals surface area contributed by atoms with Gasteiger partial charge in [0, 0.05) is 16.1 Å². The molecule has 2 heterocycles. The van der Waals surface area contributed by atoms with Crippen LogP contribution in [0.25, 0.3) is 0 Å². The third-order valence-electron chi connectivity index (χ3n) is 5.23. The SMILES string of the molecule is O=C(N[C@@H]1C(=O)N2N=C(c3ccc(Cl)cc3)OC2=N[C@@H]1c1ccc(F)cc1)c1ccccc1. The van der Waals surface area contributed by atoms with Crippen molar-refractivity contribution in [2.45, 2.75) is 12.1 Å². The Bertz CT molecular complexity index is 1280. The standard InChI is InChI=1S/C24H16ClFN4O3/c25-17-10-6-16(7-11-17)22-29-30-23(32)20(27-21(31)15-4-2-1-3-5-15)19(28-24(30)33-22)14-8-12-18(26)13-9-14/h1-13,19-20H,(H,27,31)/t19-,20+/m1/s1. The van der Waals surface area contributed by atoms with E-state index in [0.29, 0.717) is 21.7 Å². The molecule has 2 amide bonds. The van der Waals surface area contributed by atoms with Crippen molar-refractivity contribution in [1.29, 1.82) is 0 Å². The molecule has 0 fully saturated rings. The second-order valence-electron chi connectivity index (χ2n) is 7.39. The Hall–Kier alpha value is -4.04. The van der Waals surface area contributed by atoms with Crippen LogP contribution in [0.4, 0.5) is 4.39 Å². The van der Waals surface area contributed by atoms with E-state index in [1.54, 1.807) is 54.6 Å². The van der Waals surface area contributed by atoms with Crippen molar-refractivity contribution in [3.05, 3.63) is 106 Å². The molecule has 0 spiro atoms. The van der Waals surface area contributed by atoms with Crippen LogP contribution in [0, 0.1) is 5.82 Å². The maximum absolute atomic E-state index is 13.5. The average Bonchev–Trinajstić information content (AvgIpc) is 3.27. The van der Waals surface area contributed by atoms with E-state index in [-0.39, 0.29) is 11.9 Å². The van der Waals surface area contributed by atoms with Gasteiger partial charge in [-0.2, -0.15) is 0 Å². The molecule has 2 atom stereocenters. The van der Waals surface area contributed by atoms with Gasteiger partial charge in [-0.25, -0.2) is 9.38 Å². The van der Waals surface area contributed by atoms with Gasteiger partial charge in [-0.3, -0.25) is 9.59 Å². The largest absolute Gasteiger partial charge is 0.403 e. The van der Waals surface area contributed by atoms with Crippen LogP contribution in [-0.2, 0) is 9.53 Å². The van der Waals surface area contributed by atoms with Gasteiger partial charge in [-0.05, 0) is 54.1 Å². The lowest BCUT2D eigenvalue weighted by Gasteiger charge is -2.30. The fourth-order valence-electron chi connectivity index (χ4n) is 3.56. The van der Waals surface area contributed by atoms with E-state index in [4.69, 9.17) is 16.3 Å². The molecule has 3 aromatic rings. The molecular formula is C24H16ClFN4O3. The number of ether oxygens (including phenoxy) is 1. The Morgan fingerprint density at radius 2 is 1.70 bits per heavy atom. The van der Waals surface area contributed by atoms with E-state index < -0.39 is 29.7 Å². The predicted molar refractivity (Wildman–Crippen MR) is 120 cm³/mol. The Kier molecular flexibility index (Phi) is 5.35. The van der Waals surface area contributed by atoms with Crippen molar-refractivity contribution in [2.24, 2.45) is 10.1 Å². The van der Waals surface area contributed by atoms with Crippen molar-refractivity contribution >= 4 is 35.3 Å². The summed E-state index contributed by atoms with van der Waals surface area (Å²) >= 11 is 5.94. The fraction of sp³-hybridized carbons (Fsp3) is 0.0833. The number of nitrogens with zero attached hydrogens (tertiary/aromatic N) is 3. The maximum Gasteiger partial charge on any atom is 0.323 e. The van der Waals surface area contributed by atoms with Crippen molar-refractivity contribution in [1.82, 2.24) is 10.3 Å². The molecule has 2 aliphatic rings. The summed E-state index contributed by atoms with van der Waals surface area (Å²) in [6.45, 7) is 0. The van der Waals surface area contributed by atoms with E-state index in [9.17, 15) is 14.0 Å². The van der Waals surface area contributed by atoms with Crippen LogP contribution in [0.2, 0.25) is 5.02 Å². The number of hydrogen-bond donors (Lipinski definition) is 1. The molecule has 3 aromatic carbocycles. The minimum atomic E-state index is -1.08. The molecule has 0 unspecified atom stereocenters. The topological polar surface area (TPSA) is 83.4 Å². The number of carbonyl (C=O) groups is 2. The van der Waals surface area contributed by atoms with Crippen LogP contribution in [0.1, 0.15) is 27.5 Å². The number of fused-ring (bicyclic) bond motifs is 1. The average molecular weight is 463 g/mol. The number of hydrazone groups is 1. The van der Waals surface area contributed by atoms with Crippen LogP contribution in [0.15, 0.2) is 89.0 Å². The molecule has 9 heteroatoms. The lowest BCUT2D eigenvalue weighted by molar-refractivity contribution is -0.131. The molecular weight excluding hydrogens is 447 g/mol. The molecule has 33 heavy (non-hydrogen) atoms. The molecule has 2 aliphatic heterocycles. The number of benzene rings is 3. The number of halogens is 2. The molecule has 0 saturated heterocycles. The van der Waals surface area contributed by atoms with Crippen molar-refractivity contribution < 1.29 is 18.7 Å². The van der Waals surface area contributed by atoms with Gasteiger partial charge >= 0.3 is 6.02 Å². The first-order valence-corrected chi connectivity index (χ1v) is 10.4. The molecule has 0 saturated carbocycles. The molecule has 7 nitrogen and oxygen atoms in total. The van der Waals surface area contributed by atoms with Gasteiger partial charge < -0.3 is 10.1 Å². The second-order valence-corrected chi connectivity index (χ2v) is 7.83. The zero-order valence-electron chi connectivity index (χ0n) is 17.0. The van der Waals surface area contributed by atoms with Crippen LogP contribution in [-0.4, -0.2) is 34.8 Å². The lowest BCUT2D eigenvalue weighted by Crippen LogP contribution is -2.53. The van der Waals surface area contributed by atoms with Gasteiger partial charge in [0.25, 0.3) is 11.8 Å². The summed E-state index contributed by atoms with van der Waals surface area (Å²) in [5, 5.41) is 8.58. The smallest absolute Gasteiger partial charge is 0.323 e. The quantitative estimate of drug-likeness (QED) is 0.638. The van der Waals surface area contributed by atoms with Crippen molar-refractivity contribution in [2.75, 3.05) is 0 Å². The van der Waals surface area contributed by atoms with E-state index in [1.807, 2.05) is 0 Å². The Morgan fingerprint density at radius 1 is 1.00 bits per heavy atom. The normalized spacial score (nSPS) is 19.3. The van der Waals surface area contributed by atoms with Gasteiger partial charge in [-0.1, -0.05) is 41.9 Å². The summed E-state index contributed by atoms with van der Waals surface area (Å²) in [7, 11) is 0. The summed E-state index contributed by atoms with van der Waals surface area (Å²) in [5.41, 5.74) is 1.53. The number of amidine groups is 1. The van der Waals surface area contributed by atoms with Gasteiger partial charge in [0.15, 0.2) is 0 Å². The minimum absolute atomic E-state index is 0.0236. The molecule has 0 aromatic heterocycles. The third-order valence-corrected chi connectivity index (χ3v) is 5.48. The van der Waals surface area contributed by atoms with E-state index in [2.05, 4.69) is 15.4 Å². The minimum Gasteiger partial charge on any atom is -0.403 e. The van der Waals surface area contributed by atoms with Crippen LogP contribution < -0.4 is 5.32 Å². The summed E-state index contributed by atoms with van der Waals surface area (Å²) in [6.07, 6.45) is 0. The van der Waals surface area contributed by atoms with Gasteiger partial charge in [0.1, 0.15) is 17.9 Å². The highest BCUT2D eigenvalue weighted by Gasteiger charge is 2.45. The number of hydrogen-bond acceptors (Lipinski definition) is 5. The Balaban J connectivity index is 1.51. The zero-order valence-corrected chi connectivity index (χ0v) is 17.7. The highest BCUT2D eigenvalue weighted by atomic mass is 35.5. The first-order chi connectivity index (χ1) is 16.0. The summed E-state index contributed by atoms with van der Waals surface area (Å²) < 4.78 is 19.3. The summed E-state index contributed by atoms with van der Waals surface area (Å²) in [5.74, 6) is -1.22. The van der Waals surface area contributed by atoms with Crippen LogP contribution in [0.5, 0.6) is 0 Å².